The van der Waals surface area contributed by atoms with E-state index in [1.54, 1.807) is 36.4 Å². The van der Waals surface area contributed by atoms with E-state index in [4.69, 9.17) is 10.5 Å². The molecule has 1 aliphatic heterocycles. The number of halogens is 1. The smallest absolute Gasteiger partial charge is 0.414 e. The Morgan fingerprint density at radius 3 is 2.77 bits per heavy atom. The van der Waals surface area contributed by atoms with E-state index >= 15 is 0 Å². The summed E-state index contributed by atoms with van der Waals surface area (Å²) < 4.78 is 20.1. The molecule has 31 heavy (non-hydrogen) atoms. The minimum Gasteiger partial charge on any atom is -0.442 e. The zero-order valence-electron chi connectivity index (χ0n) is 16.6. The summed E-state index contributed by atoms with van der Waals surface area (Å²) in [4.78, 5) is 24.5. The number of aromatic amines is 1. The summed E-state index contributed by atoms with van der Waals surface area (Å²) in [5.74, 6) is -0.336. The number of hydrogen-bond acceptors (Lipinski definition) is 7. The maximum atomic E-state index is 14.9. The van der Waals surface area contributed by atoms with Gasteiger partial charge in [0.15, 0.2) is 5.82 Å². The number of benzene rings is 2. The molecule has 2 unspecified atom stereocenters. The Kier molecular flexibility index (Phi) is 5.58. The van der Waals surface area contributed by atoms with Crippen molar-refractivity contribution in [1.29, 1.82) is 0 Å². The molecule has 1 fully saturated rings. The van der Waals surface area contributed by atoms with E-state index < -0.39 is 24.1 Å². The number of carbonyl (C=O) groups excluding carboxylic acids is 2. The van der Waals surface area contributed by atoms with E-state index in [-0.39, 0.29) is 19.0 Å². The van der Waals surface area contributed by atoms with Gasteiger partial charge in [-0.3, -0.25) is 9.69 Å². The number of aromatic nitrogens is 4. The van der Waals surface area contributed by atoms with E-state index in [0.717, 1.165) is 5.56 Å². The minimum atomic E-state index is -0.581. The molecule has 160 valence electrons. The number of nitrogens with one attached hydrogen (secondary N) is 2. The van der Waals surface area contributed by atoms with Gasteiger partial charge in [0.2, 0.25) is 5.91 Å². The Morgan fingerprint density at radius 2 is 2.13 bits per heavy atom. The summed E-state index contributed by atoms with van der Waals surface area (Å²) in [6.07, 6.45) is -1.07. The third kappa shape index (κ3) is 4.36. The van der Waals surface area contributed by atoms with Crippen LogP contribution in [0.25, 0.3) is 11.1 Å². The van der Waals surface area contributed by atoms with E-state index in [1.807, 2.05) is 0 Å². The second-order valence-corrected chi connectivity index (χ2v) is 7.09. The van der Waals surface area contributed by atoms with Crippen molar-refractivity contribution in [1.82, 2.24) is 25.9 Å². The molecule has 11 heteroatoms. The van der Waals surface area contributed by atoms with Gasteiger partial charge in [0.25, 0.3) is 0 Å². The molecule has 1 aromatic heterocycles. The number of amides is 2. The highest BCUT2D eigenvalue weighted by atomic mass is 19.1. The van der Waals surface area contributed by atoms with Gasteiger partial charge in [-0.1, -0.05) is 29.5 Å². The molecule has 10 nitrogen and oxygen atoms in total. The van der Waals surface area contributed by atoms with Crippen LogP contribution in [-0.2, 0) is 9.53 Å². The van der Waals surface area contributed by atoms with E-state index in [9.17, 15) is 14.0 Å². The number of cyclic esters (lactones) is 1. The van der Waals surface area contributed by atoms with Crippen LogP contribution in [0.3, 0.4) is 0 Å². The molecule has 0 bridgehead atoms. The van der Waals surface area contributed by atoms with Gasteiger partial charge in [0, 0.05) is 12.5 Å². The predicted octanol–water partition coefficient (Wildman–Crippen LogP) is 1.52. The van der Waals surface area contributed by atoms with Crippen molar-refractivity contribution >= 4 is 17.7 Å². The number of ether oxygens (including phenoxy) is 1. The lowest BCUT2D eigenvalue weighted by molar-refractivity contribution is -0.119. The van der Waals surface area contributed by atoms with Gasteiger partial charge < -0.3 is 15.8 Å². The standard InChI is InChI=1S/C20H20FN7O3/c1-11(29)23-9-15-10-28(20(30)31-15)14-6-7-16(17(21)8-14)12-2-4-13(5-3-12)18(22)19-24-26-27-25-19/h2-8,15,18H,9-10,22H2,1H3,(H,23,29)(H,24,25,26,27). The molecule has 4 rings (SSSR count). The first kappa shape index (κ1) is 20.4. The van der Waals surface area contributed by atoms with Gasteiger partial charge in [-0.05, 0) is 29.3 Å². The van der Waals surface area contributed by atoms with Crippen LogP contribution in [0.4, 0.5) is 14.9 Å². The number of rotatable bonds is 6. The van der Waals surface area contributed by atoms with Gasteiger partial charge in [0.1, 0.15) is 11.9 Å². The zero-order valence-corrected chi connectivity index (χ0v) is 16.6. The molecule has 1 aliphatic rings. The average molecular weight is 425 g/mol. The van der Waals surface area contributed by atoms with Crippen LogP contribution in [-0.4, -0.2) is 51.8 Å². The lowest BCUT2D eigenvalue weighted by Crippen LogP contribution is -2.33. The summed E-state index contributed by atoms with van der Waals surface area (Å²) >= 11 is 0. The van der Waals surface area contributed by atoms with Gasteiger partial charge in [-0.25, -0.2) is 9.18 Å². The average Bonchev–Trinajstić information content (AvgIpc) is 3.42. The second-order valence-electron chi connectivity index (χ2n) is 7.09. The SMILES string of the molecule is CC(=O)NCC1CN(c2ccc(-c3ccc(C(N)c4nn[nH]n4)cc3)c(F)c2)C(=O)O1. The molecule has 0 spiro atoms. The fraction of sp³-hybridized carbons (Fsp3) is 0.250. The quantitative estimate of drug-likeness (QED) is 0.544. The van der Waals surface area contributed by atoms with Crippen molar-refractivity contribution < 1.29 is 18.7 Å². The Balaban J connectivity index is 1.49. The molecule has 4 N–H and O–H groups in total. The topological polar surface area (TPSA) is 139 Å². The number of tetrazole rings is 1. The maximum Gasteiger partial charge on any atom is 0.414 e. The summed E-state index contributed by atoms with van der Waals surface area (Å²) in [6, 6.07) is 11.0. The van der Waals surface area contributed by atoms with Crippen molar-refractivity contribution in [3.63, 3.8) is 0 Å². The lowest BCUT2D eigenvalue weighted by Gasteiger charge is -2.15. The van der Waals surface area contributed by atoms with Crippen LogP contribution < -0.4 is 16.0 Å². The summed E-state index contributed by atoms with van der Waals surface area (Å²) in [6.45, 7) is 1.81. The van der Waals surface area contributed by atoms with Gasteiger partial charge >= 0.3 is 6.09 Å². The molecular weight excluding hydrogens is 405 g/mol. The van der Waals surface area contributed by atoms with Crippen LogP contribution in [0, 0.1) is 5.82 Å². The van der Waals surface area contributed by atoms with Crippen LogP contribution in [0.15, 0.2) is 42.5 Å². The number of hydrogen-bond donors (Lipinski definition) is 3. The zero-order chi connectivity index (χ0) is 22.0. The van der Waals surface area contributed by atoms with Gasteiger partial charge in [-0.2, -0.15) is 5.21 Å². The molecular formula is C20H20FN7O3. The molecule has 2 heterocycles. The highest BCUT2D eigenvalue weighted by molar-refractivity contribution is 5.90. The van der Waals surface area contributed by atoms with Crippen LogP contribution in [0.1, 0.15) is 24.4 Å². The summed E-state index contributed by atoms with van der Waals surface area (Å²) in [5, 5.41) is 16.2. The highest BCUT2D eigenvalue weighted by Crippen LogP contribution is 2.30. The van der Waals surface area contributed by atoms with Crippen molar-refractivity contribution in [3.8, 4) is 11.1 Å². The number of H-pyrrole nitrogens is 1. The number of nitrogens with zero attached hydrogens (tertiary/aromatic N) is 4. The van der Waals surface area contributed by atoms with Crippen LogP contribution >= 0.6 is 0 Å². The fourth-order valence-corrected chi connectivity index (χ4v) is 3.32. The lowest BCUT2D eigenvalue weighted by atomic mass is 10.00. The van der Waals surface area contributed by atoms with Gasteiger partial charge in [0.05, 0.1) is 24.8 Å². The van der Waals surface area contributed by atoms with Crippen molar-refractivity contribution in [2.45, 2.75) is 19.1 Å². The summed E-state index contributed by atoms with van der Waals surface area (Å²) in [5.41, 5.74) is 8.27. The maximum absolute atomic E-state index is 14.9. The largest absolute Gasteiger partial charge is 0.442 e. The first-order valence-electron chi connectivity index (χ1n) is 9.54. The van der Waals surface area contributed by atoms with Crippen molar-refractivity contribution in [3.05, 3.63) is 59.7 Å². The predicted molar refractivity (Wildman–Crippen MR) is 108 cm³/mol. The number of carbonyl (C=O) groups is 2. The first-order valence-corrected chi connectivity index (χ1v) is 9.54. The first-order chi connectivity index (χ1) is 14.9. The second kappa shape index (κ2) is 8.48. The molecule has 0 aliphatic carbocycles. The van der Waals surface area contributed by atoms with E-state index in [1.165, 1.54) is 17.9 Å². The molecule has 2 amide bonds. The Hall–Kier alpha value is -3.86. The van der Waals surface area contributed by atoms with E-state index in [0.29, 0.717) is 22.6 Å². The summed E-state index contributed by atoms with van der Waals surface area (Å²) in [7, 11) is 0. The third-order valence-corrected chi connectivity index (χ3v) is 4.94. The van der Waals surface area contributed by atoms with Gasteiger partial charge in [-0.15, -0.1) is 10.2 Å². The Bertz CT molecular complexity index is 1090. The molecule has 0 saturated carbocycles. The molecule has 1 saturated heterocycles. The van der Waals surface area contributed by atoms with Crippen LogP contribution in [0.2, 0.25) is 0 Å². The molecule has 3 aromatic rings. The fourth-order valence-electron chi connectivity index (χ4n) is 3.32. The van der Waals surface area contributed by atoms with Crippen molar-refractivity contribution in [2.75, 3.05) is 18.0 Å². The number of anilines is 1. The Morgan fingerprint density at radius 1 is 1.35 bits per heavy atom. The molecule has 2 atom stereocenters. The highest BCUT2D eigenvalue weighted by Gasteiger charge is 2.32. The van der Waals surface area contributed by atoms with E-state index in [2.05, 4.69) is 25.9 Å². The normalized spacial score (nSPS) is 16.8. The number of nitrogens with two attached hydrogens (primary N) is 1. The van der Waals surface area contributed by atoms with Crippen LogP contribution in [0.5, 0.6) is 0 Å². The Labute approximate surface area is 176 Å². The molecule has 2 aromatic carbocycles. The third-order valence-electron chi connectivity index (χ3n) is 4.94. The van der Waals surface area contributed by atoms with Crippen molar-refractivity contribution in [2.24, 2.45) is 5.73 Å². The monoisotopic (exact) mass is 425 g/mol. The minimum absolute atomic E-state index is 0.205. The molecule has 0 radical (unpaired) electrons.